The summed E-state index contributed by atoms with van der Waals surface area (Å²) in [6, 6.07) is 10.8. The van der Waals surface area contributed by atoms with E-state index in [1.807, 2.05) is 37.4 Å². The van der Waals surface area contributed by atoms with Crippen LogP contribution in [0.3, 0.4) is 0 Å². The zero-order valence-electron chi connectivity index (χ0n) is 18.1. The standard InChI is InChI=1S/C22H22N4O3S4/c1-13-23-17-7-8-18-20(19(17)31-13)32-22(24-18)25-21(27)14-9-11-26(12-10-14)33(28,29)16-5-3-15(30-2)4-6-16/h3-8,14H,9-12H2,1-2H3,(H,24,25,27). The summed E-state index contributed by atoms with van der Waals surface area (Å²) in [7, 11) is -3.55. The van der Waals surface area contributed by atoms with E-state index in [0.717, 1.165) is 30.3 Å². The fourth-order valence-electron chi connectivity index (χ4n) is 4.00. The van der Waals surface area contributed by atoms with E-state index in [9.17, 15) is 13.2 Å². The number of fused-ring (bicyclic) bond motifs is 3. The first-order valence-corrected chi connectivity index (χ1v) is 14.8. The molecule has 0 saturated carbocycles. The number of hydrogen-bond acceptors (Lipinski definition) is 8. The summed E-state index contributed by atoms with van der Waals surface area (Å²) < 4.78 is 29.5. The first kappa shape index (κ1) is 22.7. The zero-order chi connectivity index (χ0) is 23.2. The van der Waals surface area contributed by atoms with Crippen LogP contribution in [0.2, 0.25) is 0 Å². The lowest BCUT2D eigenvalue weighted by Gasteiger charge is -2.30. The van der Waals surface area contributed by atoms with Crippen LogP contribution in [0.25, 0.3) is 20.4 Å². The Morgan fingerprint density at radius 2 is 1.67 bits per heavy atom. The highest BCUT2D eigenvalue weighted by molar-refractivity contribution is 7.98. The largest absolute Gasteiger partial charge is 0.302 e. The summed E-state index contributed by atoms with van der Waals surface area (Å²) in [5, 5.41) is 4.52. The molecule has 1 saturated heterocycles. The van der Waals surface area contributed by atoms with Crippen LogP contribution in [0.1, 0.15) is 17.8 Å². The van der Waals surface area contributed by atoms with Crippen LogP contribution in [-0.2, 0) is 14.8 Å². The van der Waals surface area contributed by atoms with E-state index in [1.165, 1.54) is 15.6 Å². The predicted molar refractivity (Wildman–Crippen MR) is 136 cm³/mol. The van der Waals surface area contributed by atoms with Crippen LogP contribution in [0.5, 0.6) is 0 Å². The highest BCUT2D eigenvalue weighted by atomic mass is 32.2. The van der Waals surface area contributed by atoms with Gasteiger partial charge >= 0.3 is 0 Å². The van der Waals surface area contributed by atoms with Crippen molar-refractivity contribution in [1.29, 1.82) is 0 Å². The molecule has 2 aromatic heterocycles. The molecule has 11 heteroatoms. The van der Waals surface area contributed by atoms with Crippen molar-refractivity contribution < 1.29 is 13.2 Å². The van der Waals surface area contributed by atoms with Gasteiger partial charge in [-0.15, -0.1) is 23.1 Å². The van der Waals surface area contributed by atoms with E-state index in [-0.39, 0.29) is 11.8 Å². The van der Waals surface area contributed by atoms with Gasteiger partial charge in [0, 0.05) is 23.9 Å². The number of piperidine rings is 1. The molecule has 0 radical (unpaired) electrons. The fraction of sp³-hybridized carbons (Fsp3) is 0.318. The van der Waals surface area contributed by atoms with Crippen molar-refractivity contribution in [3.05, 3.63) is 41.4 Å². The Bertz CT molecular complexity index is 1440. The molecule has 1 amide bonds. The van der Waals surface area contributed by atoms with Gasteiger partial charge in [0.1, 0.15) is 0 Å². The lowest BCUT2D eigenvalue weighted by Crippen LogP contribution is -2.41. The molecule has 0 aliphatic carbocycles. The number of carbonyl (C=O) groups is 1. The number of amides is 1. The molecule has 2 aromatic carbocycles. The van der Waals surface area contributed by atoms with Gasteiger partial charge in [0.25, 0.3) is 0 Å². The average molecular weight is 519 g/mol. The normalized spacial score (nSPS) is 15.9. The Morgan fingerprint density at radius 3 is 2.33 bits per heavy atom. The Kier molecular flexibility index (Phi) is 6.17. The molecular formula is C22H22N4O3S4. The molecule has 172 valence electrons. The predicted octanol–water partition coefficient (Wildman–Crippen LogP) is 4.98. The van der Waals surface area contributed by atoms with Crippen LogP contribution < -0.4 is 5.32 Å². The number of nitrogens with one attached hydrogen (secondary N) is 1. The van der Waals surface area contributed by atoms with Gasteiger partial charge in [-0.05, 0) is 62.4 Å². The van der Waals surface area contributed by atoms with Crippen molar-refractivity contribution in [1.82, 2.24) is 14.3 Å². The quantitative estimate of drug-likeness (QED) is 0.375. The second-order valence-corrected chi connectivity index (χ2v) is 12.9. The highest BCUT2D eigenvalue weighted by Gasteiger charge is 2.32. The molecule has 7 nitrogen and oxygen atoms in total. The zero-order valence-corrected chi connectivity index (χ0v) is 21.3. The van der Waals surface area contributed by atoms with Crippen molar-refractivity contribution in [2.45, 2.75) is 29.6 Å². The maximum Gasteiger partial charge on any atom is 0.243 e. The smallest absolute Gasteiger partial charge is 0.243 e. The number of aryl methyl sites for hydroxylation is 1. The molecular weight excluding hydrogens is 497 g/mol. The van der Waals surface area contributed by atoms with Crippen molar-refractivity contribution in [2.24, 2.45) is 5.92 Å². The molecule has 1 aliphatic rings. The number of sulfonamides is 1. The van der Waals surface area contributed by atoms with Crippen LogP contribution in [-0.4, -0.2) is 47.9 Å². The number of hydrogen-bond donors (Lipinski definition) is 1. The van der Waals surface area contributed by atoms with Crippen molar-refractivity contribution in [2.75, 3.05) is 24.7 Å². The third-order valence-electron chi connectivity index (χ3n) is 5.77. The summed E-state index contributed by atoms with van der Waals surface area (Å²) >= 11 is 4.66. The van der Waals surface area contributed by atoms with E-state index >= 15 is 0 Å². The monoisotopic (exact) mass is 518 g/mol. The number of carbonyl (C=O) groups excluding carboxylic acids is 1. The lowest BCUT2D eigenvalue weighted by molar-refractivity contribution is -0.120. The van der Waals surface area contributed by atoms with Crippen molar-refractivity contribution >= 4 is 75.9 Å². The molecule has 0 bridgehead atoms. The highest BCUT2D eigenvalue weighted by Crippen LogP contribution is 2.36. The van der Waals surface area contributed by atoms with Crippen LogP contribution >= 0.6 is 34.4 Å². The number of anilines is 1. The molecule has 33 heavy (non-hydrogen) atoms. The first-order chi connectivity index (χ1) is 15.8. The molecule has 0 unspecified atom stereocenters. The van der Waals surface area contributed by atoms with Gasteiger partial charge in [-0.25, -0.2) is 18.4 Å². The van der Waals surface area contributed by atoms with Gasteiger partial charge in [-0.3, -0.25) is 4.79 Å². The van der Waals surface area contributed by atoms with E-state index < -0.39 is 10.0 Å². The number of nitrogens with zero attached hydrogens (tertiary/aromatic N) is 3. The minimum Gasteiger partial charge on any atom is -0.302 e. The summed E-state index contributed by atoms with van der Waals surface area (Å²) in [5.74, 6) is -0.347. The van der Waals surface area contributed by atoms with E-state index in [0.29, 0.717) is 36.0 Å². The van der Waals surface area contributed by atoms with E-state index in [2.05, 4.69) is 15.3 Å². The third kappa shape index (κ3) is 4.40. The first-order valence-electron chi connectivity index (χ1n) is 10.5. The summed E-state index contributed by atoms with van der Waals surface area (Å²) in [4.78, 5) is 23.3. The van der Waals surface area contributed by atoms with Gasteiger partial charge in [-0.1, -0.05) is 11.3 Å². The molecule has 4 aromatic rings. The number of aromatic nitrogens is 2. The summed E-state index contributed by atoms with van der Waals surface area (Å²) in [6.07, 6.45) is 2.92. The summed E-state index contributed by atoms with van der Waals surface area (Å²) in [5.41, 5.74) is 1.79. The molecule has 1 N–H and O–H groups in total. The van der Waals surface area contributed by atoms with Gasteiger partial charge < -0.3 is 5.32 Å². The minimum absolute atomic E-state index is 0.104. The van der Waals surface area contributed by atoms with Gasteiger partial charge in [0.05, 0.1) is 30.3 Å². The molecule has 5 rings (SSSR count). The van der Waals surface area contributed by atoms with Gasteiger partial charge in [0.2, 0.25) is 15.9 Å². The molecule has 0 atom stereocenters. The van der Waals surface area contributed by atoms with Crippen molar-refractivity contribution in [3.8, 4) is 0 Å². The molecule has 1 aliphatic heterocycles. The molecule has 3 heterocycles. The second kappa shape index (κ2) is 8.95. The Hall–Kier alpha value is -2.05. The Morgan fingerprint density at radius 1 is 1.03 bits per heavy atom. The maximum absolute atomic E-state index is 13.0. The van der Waals surface area contributed by atoms with Crippen LogP contribution in [0.4, 0.5) is 5.13 Å². The fourth-order valence-corrected chi connectivity index (χ4v) is 7.89. The van der Waals surface area contributed by atoms with E-state index in [1.54, 1.807) is 35.2 Å². The third-order valence-corrected chi connectivity index (χ3v) is 10.6. The topological polar surface area (TPSA) is 92.3 Å². The second-order valence-electron chi connectivity index (χ2n) is 7.86. The average Bonchev–Trinajstić information content (AvgIpc) is 3.41. The Balaban J connectivity index is 1.25. The number of benzene rings is 2. The molecule has 1 fully saturated rings. The lowest BCUT2D eigenvalue weighted by atomic mass is 9.97. The SMILES string of the molecule is CSc1ccc(S(=O)(=O)N2CCC(C(=O)Nc3nc4ccc5nc(C)sc5c4s3)CC2)cc1. The van der Waals surface area contributed by atoms with Gasteiger partial charge in [-0.2, -0.15) is 4.31 Å². The van der Waals surface area contributed by atoms with Gasteiger partial charge in [0.15, 0.2) is 5.13 Å². The number of thioether (sulfide) groups is 1. The Labute approximate surface area is 204 Å². The molecule has 0 spiro atoms. The maximum atomic E-state index is 13.0. The summed E-state index contributed by atoms with van der Waals surface area (Å²) in [6.45, 7) is 2.63. The van der Waals surface area contributed by atoms with E-state index in [4.69, 9.17) is 0 Å². The minimum atomic E-state index is -3.55. The number of rotatable bonds is 5. The van der Waals surface area contributed by atoms with Crippen LogP contribution in [0.15, 0.2) is 46.2 Å². The van der Waals surface area contributed by atoms with Crippen molar-refractivity contribution in [3.63, 3.8) is 0 Å². The number of thiazole rings is 2. The van der Waals surface area contributed by atoms with Crippen LogP contribution in [0, 0.1) is 12.8 Å².